The number of benzene rings is 2. The van der Waals surface area contributed by atoms with Crippen molar-refractivity contribution in [3.63, 3.8) is 0 Å². The van der Waals surface area contributed by atoms with Crippen molar-refractivity contribution in [3.05, 3.63) is 76.6 Å². The zero-order valence-electron chi connectivity index (χ0n) is 19.3. The highest BCUT2D eigenvalue weighted by atomic mass is 32.2. The highest BCUT2D eigenvalue weighted by Crippen LogP contribution is 2.32. The molecule has 0 saturated heterocycles. The molecule has 0 bridgehead atoms. The Bertz CT molecular complexity index is 1210. The molecule has 8 heteroatoms. The molecule has 4 rings (SSSR count). The Morgan fingerprint density at radius 3 is 2.42 bits per heavy atom. The largest absolute Gasteiger partial charge is 0.497 e. The molecule has 0 spiro atoms. The zero-order valence-corrected chi connectivity index (χ0v) is 20.1. The summed E-state index contributed by atoms with van der Waals surface area (Å²) in [4.78, 5) is 24.2. The predicted octanol–water partition coefficient (Wildman–Crippen LogP) is 5.50. The minimum Gasteiger partial charge on any atom is -0.497 e. The standard InChI is InChI=1S/C25H26N4O3S/c1-15(2)23-27-22(32-28-23)14-33-25-26-21(13-18-6-8-20(31-5)9-7-18)24(30)29(25)19-11-16(3)10-17(4)12-19/h6-13,15H,14H2,1-5H3/b21-13-. The number of methoxy groups -OCH3 is 1. The van der Waals surface area contributed by atoms with Gasteiger partial charge in [-0.05, 0) is 60.9 Å². The van der Waals surface area contributed by atoms with Crippen molar-refractivity contribution >= 4 is 34.6 Å². The van der Waals surface area contributed by atoms with Gasteiger partial charge in [-0.3, -0.25) is 9.69 Å². The van der Waals surface area contributed by atoms with Gasteiger partial charge in [-0.2, -0.15) is 4.98 Å². The van der Waals surface area contributed by atoms with Gasteiger partial charge in [0.05, 0.1) is 18.6 Å². The molecule has 0 atom stereocenters. The lowest BCUT2D eigenvalue weighted by Crippen LogP contribution is -2.30. The second kappa shape index (κ2) is 9.62. The third kappa shape index (κ3) is 5.17. The van der Waals surface area contributed by atoms with Crippen LogP contribution in [-0.2, 0) is 10.5 Å². The number of aliphatic imine (C=N–C) groups is 1. The van der Waals surface area contributed by atoms with E-state index in [1.54, 1.807) is 18.1 Å². The molecule has 1 amide bonds. The molecule has 1 aliphatic heterocycles. The maximum atomic E-state index is 13.4. The number of aromatic nitrogens is 2. The number of thioether (sulfide) groups is 1. The minimum atomic E-state index is -0.174. The molecule has 0 unspecified atom stereocenters. The van der Waals surface area contributed by atoms with E-state index in [2.05, 4.69) is 21.2 Å². The summed E-state index contributed by atoms with van der Waals surface area (Å²) < 4.78 is 10.6. The molecule has 0 fully saturated rings. The molecule has 0 saturated carbocycles. The first-order valence-corrected chi connectivity index (χ1v) is 11.6. The van der Waals surface area contributed by atoms with E-state index in [0.29, 0.717) is 28.3 Å². The van der Waals surface area contributed by atoms with Crippen molar-refractivity contribution in [2.24, 2.45) is 4.99 Å². The Morgan fingerprint density at radius 1 is 1.12 bits per heavy atom. The van der Waals surface area contributed by atoms with Crippen LogP contribution in [0.25, 0.3) is 6.08 Å². The maximum Gasteiger partial charge on any atom is 0.283 e. The molecular formula is C25H26N4O3S. The summed E-state index contributed by atoms with van der Waals surface area (Å²) in [7, 11) is 1.62. The number of hydrogen-bond donors (Lipinski definition) is 0. The van der Waals surface area contributed by atoms with Gasteiger partial charge in [0.1, 0.15) is 11.4 Å². The van der Waals surface area contributed by atoms with Gasteiger partial charge in [0.15, 0.2) is 11.0 Å². The first kappa shape index (κ1) is 22.8. The number of amides is 1. The van der Waals surface area contributed by atoms with Crippen LogP contribution in [0.1, 0.15) is 48.2 Å². The normalized spacial score (nSPS) is 15.0. The van der Waals surface area contributed by atoms with Crippen molar-refractivity contribution in [3.8, 4) is 5.75 Å². The van der Waals surface area contributed by atoms with Gasteiger partial charge in [0, 0.05) is 5.92 Å². The number of amidine groups is 1. The minimum absolute atomic E-state index is 0.174. The quantitative estimate of drug-likeness (QED) is 0.450. The predicted molar refractivity (Wildman–Crippen MR) is 131 cm³/mol. The summed E-state index contributed by atoms with van der Waals surface area (Å²) in [5.41, 5.74) is 4.18. The first-order valence-electron chi connectivity index (χ1n) is 10.7. The van der Waals surface area contributed by atoms with Crippen molar-refractivity contribution in [2.45, 2.75) is 39.4 Å². The summed E-state index contributed by atoms with van der Waals surface area (Å²) in [6.07, 6.45) is 1.79. The summed E-state index contributed by atoms with van der Waals surface area (Å²) >= 11 is 1.40. The van der Waals surface area contributed by atoms with E-state index in [-0.39, 0.29) is 11.8 Å². The SMILES string of the molecule is COc1ccc(/C=C2\N=C(SCc3nc(C(C)C)no3)N(c3cc(C)cc(C)c3)C2=O)cc1. The summed E-state index contributed by atoms with van der Waals surface area (Å²) in [5.74, 6) is 2.36. The molecule has 0 N–H and O–H groups in total. The van der Waals surface area contributed by atoms with Crippen molar-refractivity contribution in [2.75, 3.05) is 12.0 Å². The molecule has 0 radical (unpaired) electrons. The number of anilines is 1. The average molecular weight is 463 g/mol. The number of nitrogens with zero attached hydrogens (tertiary/aromatic N) is 4. The van der Waals surface area contributed by atoms with Crippen molar-refractivity contribution in [1.82, 2.24) is 10.1 Å². The topological polar surface area (TPSA) is 80.8 Å². The molecule has 33 heavy (non-hydrogen) atoms. The van der Waals surface area contributed by atoms with Crippen LogP contribution < -0.4 is 9.64 Å². The van der Waals surface area contributed by atoms with Gasteiger partial charge in [-0.25, -0.2) is 4.99 Å². The lowest BCUT2D eigenvalue weighted by atomic mass is 10.1. The number of carbonyl (C=O) groups is 1. The number of rotatable bonds is 6. The van der Waals surface area contributed by atoms with E-state index in [0.717, 1.165) is 28.1 Å². The third-order valence-electron chi connectivity index (χ3n) is 5.04. The van der Waals surface area contributed by atoms with E-state index in [1.165, 1.54) is 11.8 Å². The fourth-order valence-corrected chi connectivity index (χ4v) is 4.30. The number of aryl methyl sites for hydroxylation is 2. The average Bonchev–Trinajstić information content (AvgIpc) is 3.37. The lowest BCUT2D eigenvalue weighted by molar-refractivity contribution is -0.113. The van der Waals surface area contributed by atoms with Gasteiger partial charge in [0.25, 0.3) is 5.91 Å². The zero-order chi connectivity index (χ0) is 23.5. The smallest absolute Gasteiger partial charge is 0.283 e. The molecular weight excluding hydrogens is 436 g/mol. The van der Waals surface area contributed by atoms with E-state index < -0.39 is 0 Å². The summed E-state index contributed by atoms with van der Waals surface area (Å²) in [6.45, 7) is 8.06. The van der Waals surface area contributed by atoms with Crippen LogP contribution >= 0.6 is 11.8 Å². The molecule has 7 nitrogen and oxygen atoms in total. The summed E-state index contributed by atoms with van der Waals surface area (Å²) in [6, 6.07) is 13.6. The van der Waals surface area contributed by atoms with Gasteiger partial charge in [0.2, 0.25) is 5.89 Å². The van der Waals surface area contributed by atoms with E-state index in [1.807, 2.05) is 64.1 Å². The molecule has 3 aromatic rings. The number of carbonyl (C=O) groups excluding carboxylic acids is 1. The van der Waals surface area contributed by atoms with Crippen LogP contribution in [-0.4, -0.2) is 28.3 Å². The Hall–Kier alpha value is -3.39. The van der Waals surface area contributed by atoms with E-state index >= 15 is 0 Å². The van der Waals surface area contributed by atoms with Crippen LogP contribution in [0.4, 0.5) is 5.69 Å². The Balaban J connectivity index is 1.66. The van der Waals surface area contributed by atoms with Crippen LogP contribution in [0, 0.1) is 13.8 Å². The van der Waals surface area contributed by atoms with Crippen LogP contribution in [0.15, 0.2) is 57.7 Å². The second-order valence-electron chi connectivity index (χ2n) is 8.17. The Morgan fingerprint density at radius 2 is 1.82 bits per heavy atom. The van der Waals surface area contributed by atoms with Crippen molar-refractivity contribution < 1.29 is 14.1 Å². The van der Waals surface area contributed by atoms with Gasteiger partial charge >= 0.3 is 0 Å². The fourth-order valence-electron chi connectivity index (χ4n) is 3.45. The second-order valence-corrected chi connectivity index (χ2v) is 9.12. The van der Waals surface area contributed by atoms with Crippen LogP contribution in [0.3, 0.4) is 0 Å². The van der Waals surface area contributed by atoms with Gasteiger partial charge in [-0.1, -0.05) is 49.0 Å². The molecule has 1 aliphatic rings. The molecule has 0 aliphatic carbocycles. The molecule has 1 aromatic heterocycles. The third-order valence-corrected chi connectivity index (χ3v) is 5.96. The number of ether oxygens (including phenoxy) is 1. The monoisotopic (exact) mass is 462 g/mol. The van der Waals surface area contributed by atoms with E-state index in [9.17, 15) is 4.79 Å². The highest BCUT2D eigenvalue weighted by Gasteiger charge is 2.32. The molecule has 2 heterocycles. The Labute approximate surface area is 197 Å². The molecule has 2 aromatic carbocycles. The van der Waals surface area contributed by atoms with Crippen LogP contribution in [0.2, 0.25) is 0 Å². The first-order chi connectivity index (χ1) is 15.8. The fraction of sp³-hybridized carbons (Fsp3) is 0.280. The Kier molecular flexibility index (Phi) is 6.65. The van der Waals surface area contributed by atoms with Crippen LogP contribution in [0.5, 0.6) is 5.75 Å². The van der Waals surface area contributed by atoms with Gasteiger partial charge in [-0.15, -0.1) is 0 Å². The lowest BCUT2D eigenvalue weighted by Gasteiger charge is -2.18. The maximum absolute atomic E-state index is 13.4. The highest BCUT2D eigenvalue weighted by molar-refractivity contribution is 8.13. The summed E-state index contributed by atoms with van der Waals surface area (Å²) in [5, 5.41) is 4.60. The molecule has 170 valence electrons. The van der Waals surface area contributed by atoms with Gasteiger partial charge < -0.3 is 9.26 Å². The van der Waals surface area contributed by atoms with Crippen molar-refractivity contribution in [1.29, 1.82) is 0 Å². The van der Waals surface area contributed by atoms with E-state index in [4.69, 9.17) is 9.26 Å². The number of hydrogen-bond acceptors (Lipinski definition) is 7.